The summed E-state index contributed by atoms with van der Waals surface area (Å²) in [5, 5.41) is 0. The average molecular weight is 232 g/mol. The van der Waals surface area contributed by atoms with Crippen molar-refractivity contribution >= 4 is 0 Å². The lowest BCUT2D eigenvalue weighted by atomic mass is 9.95. The van der Waals surface area contributed by atoms with Crippen LogP contribution >= 0.6 is 0 Å². The molecule has 1 aromatic carbocycles. The molecule has 2 unspecified atom stereocenters. The van der Waals surface area contributed by atoms with Crippen LogP contribution in [-0.2, 0) is 6.54 Å². The van der Waals surface area contributed by atoms with Crippen LogP contribution in [0.4, 0.5) is 0 Å². The van der Waals surface area contributed by atoms with Gasteiger partial charge in [-0.05, 0) is 43.8 Å². The van der Waals surface area contributed by atoms with Gasteiger partial charge in [-0.25, -0.2) is 0 Å². The lowest BCUT2D eigenvalue weighted by molar-refractivity contribution is 0.237. The molecule has 17 heavy (non-hydrogen) atoms. The normalized spacial score (nSPS) is 24.4. The molecule has 1 aromatic rings. The van der Waals surface area contributed by atoms with Gasteiger partial charge in [-0.3, -0.25) is 0 Å². The van der Waals surface area contributed by atoms with E-state index in [0.29, 0.717) is 0 Å². The monoisotopic (exact) mass is 232 g/mol. The van der Waals surface area contributed by atoms with Crippen molar-refractivity contribution in [2.24, 2.45) is 17.6 Å². The SMILES string of the molecule is CN(Cc1ccccc1)CC1CCCC1CN. The van der Waals surface area contributed by atoms with Crippen LogP contribution in [0, 0.1) is 11.8 Å². The second-order valence-corrected chi connectivity index (χ2v) is 5.37. The molecule has 0 amide bonds. The number of nitrogens with zero attached hydrogens (tertiary/aromatic N) is 1. The molecule has 1 aliphatic carbocycles. The molecule has 0 aromatic heterocycles. The maximum absolute atomic E-state index is 5.83. The van der Waals surface area contributed by atoms with Crippen LogP contribution in [0.25, 0.3) is 0 Å². The van der Waals surface area contributed by atoms with E-state index in [-0.39, 0.29) is 0 Å². The average Bonchev–Trinajstić information content (AvgIpc) is 2.77. The first-order valence-corrected chi connectivity index (χ1v) is 6.72. The van der Waals surface area contributed by atoms with Gasteiger partial charge in [0.15, 0.2) is 0 Å². The van der Waals surface area contributed by atoms with Gasteiger partial charge < -0.3 is 10.6 Å². The molecule has 94 valence electrons. The Morgan fingerprint density at radius 3 is 2.59 bits per heavy atom. The molecule has 0 spiro atoms. The van der Waals surface area contributed by atoms with Crippen molar-refractivity contribution in [3.63, 3.8) is 0 Å². The minimum absolute atomic E-state index is 0.758. The molecule has 0 aliphatic heterocycles. The molecule has 1 aliphatic rings. The third-order valence-electron chi connectivity index (χ3n) is 3.96. The van der Waals surface area contributed by atoms with E-state index in [0.717, 1.165) is 24.9 Å². The Hall–Kier alpha value is -0.860. The second-order valence-electron chi connectivity index (χ2n) is 5.37. The maximum Gasteiger partial charge on any atom is 0.0230 e. The molecule has 0 radical (unpaired) electrons. The molecule has 2 heteroatoms. The van der Waals surface area contributed by atoms with Crippen molar-refractivity contribution in [1.82, 2.24) is 4.90 Å². The third kappa shape index (κ3) is 3.55. The van der Waals surface area contributed by atoms with Gasteiger partial charge in [0.1, 0.15) is 0 Å². The Morgan fingerprint density at radius 2 is 1.88 bits per heavy atom. The van der Waals surface area contributed by atoms with E-state index < -0.39 is 0 Å². The van der Waals surface area contributed by atoms with Gasteiger partial charge in [-0.15, -0.1) is 0 Å². The van der Waals surface area contributed by atoms with Crippen molar-refractivity contribution in [1.29, 1.82) is 0 Å². The van der Waals surface area contributed by atoms with E-state index in [4.69, 9.17) is 5.73 Å². The number of hydrogen-bond donors (Lipinski definition) is 1. The Balaban J connectivity index is 1.83. The first-order chi connectivity index (χ1) is 8.29. The highest BCUT2D eigenvalue weighted by Crippen LogP contribution is 2.31. The van der Waals surface area contributed by atoms with E-state index in [2.05, 4.69) is 42.3 Å². The van der Waals surface area contributed by atoms with Gasteiger partial charge in [-0.2, -0.15) is 0 Å². The lowest BCUT2D eigenvalue weighted by Crippen LogP contribution is -2.30. The van der Waals surface area contributed by atoms with Crippen LogP contribution in [0.5, 0.6) is 0 Å². The van der Waals surface area contributed by atoms with E-state index >= 15 is 0 Å². The van der Waals surface area contributed by atoms with E-state index in [1.807, 2.05) is 0 Å². The van der Waals surface area contributed by atoms with Crippen LogP contribution in [-0.4, -0.2) is 25.0 Å². The van der Waals surface area contributed by atoms with E-state index in [1.165, 1.54) is 31.4 Å². The number of hydrogen-bond acceptors (Lipinski definition) is 2. The fourth-order valence-electron chi connectivity index (χ4n) is 3.02. The van der Waals surface area contributed by atoms with Crippen molar-refractivity contribution in [2.45, 2.75) is 25.8 Å². The predicted octanol–water partition coefficient (Wildman–Crippen LogP) is 2.49. The summed E-state index contributed by atoms with van der Waals surface area (Å²) in [5.74, 6) is 1.57. The van der Waals surface area contributed by atoms with Gasteiger partial charge in [-0.1, -0.05) is 36.8 Å². The summed E-state index contributed by atoms with van der Waals surface area (Å²) >= 11 is 0. The van der Waals surface area contributed by atoms with Crippen LogP contribution < -0.4 is 5.73 Å². The minimum atomic E-state index is 0.758. The fraction of sp³-hybridized carbons (Fsp3) is 0.600. The molecule has 2 rings (SSSR count). The molecule has 0 bridgehead atoms. The van der Waals surface area contributed by atoms with Crippen LogP contribution in [0.15, 0.2) is 30.3 Å². The number of benzene rings is 1. The molecule has 0 saturated heterocycles. The maximum atomic E-state index is 5.83. The minimum Gasteiger partial charge on any atom is -0.330 e. The molecule has 2 atom stereocenters. The molecular weight excluding hydrogens is 208 g/mol. The largest absolute Gasteiger partial charge is 0.330 e. The van der Waals surface area contributed by atoms with Gasteiger partial charge in [0.05, 0.1) is 0 Å². The highest BCUT2D eigenvalue weighted by Gasteiger charge is 2.26. The summed E-state index contributed by atoms with van der Waals surface area (Å²) in [5.41, 5.74) is 7.23. The zero-order valence-corrected chi connectivity index (χ0v) is 10.8. The smallest absolute Gasteiger partial charge is 0.0230 e. The zero-order valence-electron chi connectivity index (χ0n) is 10.8. The standard InChI is InChI=1S/C15H24N2/c1-17(11-13-6-3-2-4-7-13)12-15-9-5-8-14(15)10-16/h2-4,6-7,14-15H,5,8-12,16H2,1H3. The number of rotatable bonds is 5. The van der Waals surface area contributed by atoms with Crippen LogP contribution in [0.1, 0.15) is 24.8 Å². The Labute approximate surface area is 105 Å². The summed E-state index contributed by atoms with van der Waals surface area (Å²) < 4.78 is 0. The van der Waals surface area contributed by atoms with Gasteiger partial charge in [0.25, 0.3) is 0 Å². The molecule has 2 N–H and O–H groups in total. The summed E-state index contributed by atoms with van der Waals surface area (Å²) in [4.78, 5) is 2.44. The van der Waals surface area contributed by atoms with Gasteiger partial charge in [0.2, 0.25) is 0 Å². The highest BCUT2D eigenvalue weighted by molar-refractivity contribution is 5.14. The molecule has 1 fully saturated rings. The Kier molecular flexibility index (Phi) is 4.57. The zero-order chi connectivity index (χ0) is 12.1. The first-order valence-electron chi connectivity index (χ1n) is 6.72. The number of nitrogens with two attached hydrogens (primary N) is 1. The molecule has 1 saturated carbocycles. The highest BCUT2D eigenvalue weighted by atomic mass is 15.1. The topological polar surface area (TPSA) is 29.3 Å². The molecular formula is C15H24N2. The Bertz CT molecular complexity index is 323. The van der Waals surface area contributed by atoms with Gasteiger partial charge in [0, 0.05) is 13.1 Å². The second kappa shape index (κ2) is 6.18. The van der Waals surface area contributed by atoms with E-state index in [9.17, 15) is 0 Å². The van der Waals surface area contributed by atoms with Crippen molar-refractivity contribution in [3.8, 4) is 0 Å². The third-order valence-corrected chi connectivity index (χ3v) is 3.96. The van der Waals surface area contributed by atoms with E-state index in [1.54, 1.807) is 0 Å². The van der Waals surface area contributed by atoms with Crippen LogP contribution in [0.3, 0.4) is 0 Å². The fourth-order valence-corrected chi connectivity index (χ4v) is 3.02. The lowest BCUT2D eigenvalue weighted by Gasteiger charge is -2.24. The first kappa shape index (κ1) is 12.6. The summed E-state index contributed by atoms with van der Waals surface area (Å²) in [6.45, 7) is 3.11. The van der Waals surface area contributed by atoms with Gasteiger partial charge >= 0.3 is 0 Å². The van der Waals surface area contributed by atoms with Crippen molar-refractivity contribution in [3.05, 3.63) is 35.9 Å². The summed E-state index contributed by atoms with van der Waals surface area (Å²) in [7, 11) is 2.22. The molecule has 2 nitrogen and oxygen atoms in total. The molecule has 0 heterocycles. The van der Waals surface area contributed by atoms with Crippen LogP contribution in [0.2, 0.25) is 0 Å². The summed E-state index contributed by atoms with van der Waals surface area (Å²) in [6.07, 6.45) is 4.06. The quantitative estimate of drug-likeness (QED) is 0.845. The summed E-state index contributed by atoms with van der Waals surface area (Å²) in [6, 6.07) is 10.7. The Morgan fingerprint density at radius 1 is 1.18 bits per heavy atom. The van der Waals surface area contributed by atoms with Crippen molar-refractivity contribution < 1.29 is 0 Å². The predicted molar refractivity (Wildman–Crippen MR) is 72.7 cm³/mol. The van der Waals surface area contributed by atoms with Crippen molar-refractivity contribution in [2.75, 3.05) is 20.1 Å².